The Labute approximate surface area is 151 Å². The van der Waals surface area contributed by atoms with Crippen molar-refractivity contribution < 1.29 is 24.6 Å². The maximum atomic E-state index is 10.0. The predicted octanol–water partition coefficient (Wildman–Crippen LogP) is 2.04. The largest absolute Gasteiger partial charge is 0.493 e. The van der Waals surface area contributed by atoms with Crippen LogP contribution in [0.2, 0.25) is 0 Å². The van der Waals surface area contributed by atoms with Crippen molar-refractivity contribution >= 4 is 0 Å². The molecule has 0 heterocycles. The highest BCUT2D eigenvalue weighted by Crippen LogP contribution is 2.27. The fourth-order valence-corrected chi connectivity index (χ4v) is 3.08. The van der Waals surface area contributed by atoms with E-state index in [9.17, 15) is 5.11 Å². The highest BCUT2D eigenvalue weighted by molar-refractivity contribution is 5.42. The Kier molecular flexibility index (Phi) is 8.80. The number of nitrogens with two attached hydrogens (primary N) is 1. The van der Waals surface area contributed by atoms with Crippen LogP contribution in [0.25, 0.3) is 0 Å². The zero-order valence-electron chi connectivity index (χ0n) is 15.5. The molecule has 0 spiro atoms. The molecular weight excluding hydrogens is 318 g/mol. The molecule has 3 N–H and O–H groups in total. The van der Waals surface area contributed by atoms with E-state index in [0.29, 0.717) is 31.3 Å². The maximum Gasteiger partial charge on any atom is 0.161 e. The lowest BCUT2D eigenvalue weighted by molar-refractivity contribution is -0.660. The first-order valence-electron chi connectivity index (χ1n) is 9.19. The van der Waals surface area contributed by atoms with E-state index in [1.807, 2.05) is 18.2 Å². The highest BCUT2D eigenvalue weighted by atomic mass is 16.5. The second-order valence-electron chi connectivity index (χ2n) is 6.53. The van der Waals surface area contributed by atoms with Crippen LogP contribution >= 0.6 is 0 Å². The van der Waals surface area contributed by atoms with Crippen molar-refractivity contribution in [2.45, 2.75) is 44.8 Å². The first-order chi connectivity index (χ1) is 12.2. The van der Waals surface area contributed by atoms with E-state index in [4.69, 9.17) is 14.2 Å². The van der Waals surface area contributed by atoms with Gasteiger partial charge >= 0.3 is 0 Å². The number of hydrogen-bond acceptors (Lipinski definition) is 4. The van der Waals surface area contributed by atoms with Gasteiger partial charge in [0.15, 0.2) is 11.5 Å². The van der Waals surface area contributed by atoms with Gasteiger partial charge in [-0.2, -0.15) is 0 Å². The van der Waals surface area contributed by atoms with Gasteiger partial charge in [-0.3, -0.25) is 0 Å². The minimum absolute atomic E-state index is 0.341. The average Bonchev–Trinajstić information content (AvgIpc) is 2.66. The van der Waals surface area contributed by atoms with Crippen molar-refractivity contribution in [3.8, 4) is 11.5 Å². The first-order valence-corrected chi connectivity index (χ1v) is 9.19. The van der Waals surface area contributed by atoms with Crippen molar-refractivity contribution in [1.29, 1.82) is 0 Å². The topological polar surface area (TPSA) is 64.5 Å². The van der Waals surface area contributed by atoms with Crippen molar-refractivity contribution in [1.82, 2.24) is 0 Å². The molecule has 140 valence electrons. The fourth-order valence-electron chi connectivity index (χ4n) is 3.08. The number of aliphatic hydroxyl groups excluding tert-OH is 1. The van der Waals surface area contributed by atoms with Crippen LogP contribution in [-0.2, 0) is 11.3 Å². The summed E-state index contributed by atoms with van der Waals surface area (Å²) in [7, 11) is 3.23. The maximum absolute atomic E-state index is 10.0. The van der Waals surface area contributed by atoms with Crippen LogP contribution < -0.4 is 14.8 Å². The van der Waals surface area contributed by atoms with Gasteiger partial charge in [0.2, 0.25) is 0 Å². The zero-order chi connectivity index (χ0) is 17.9. The van der Waals surface area contributed by atoms with Crippen LogP contribution in [0.15, 0.2) is 29.8 Å². The lowest BCUT2D eigenvalue weighted by Gasteiger charge is -2.14. The van der Waals surface area contributed by atoms with E-state index >= 15 is 0 Å². The molecule has 0 saturated heterocycles. The molecule has 0 aromatic heterocycles. The third-order valence-corrected chi connectivity index (χ3v) is 4.52. The second-order valence-corrected chi connectivity index (χ2v) is 6.53. The van der Waals surface area contributed by atoms with Crippen LogP contribution in [-0.4, -0.2) is 45.1 Å². The number of benzene rings is 1. The molecule has 1 atom stereocenters. The van der Waals surface area contributed by atoms with E-state index in [0.717, 1.165) is 18.5 Å². The molecule has 0 unspecified atom stereocenters. The van der Waals surface area contributed by atoms with Gasteiger partial charge in [-0.25, -0.2) is 0 Å². The van der Waals surface area contributed by atoms with E-state index < -0.39 is 6.10 Å². The molecule has 0 radical (unpaired) electrons. The van der Waals surface area contributed by atoms with E-state index in [1.54, 1.807) is 19.8 Å². The van der Waals surface area contributed by atoms with E-state index in [1.165, 1.54) is 25.7 Å². The quantitative estimate of drug-likeness (QED) is 0.473. The molecule has 0 fully saturated rings. The van der Waals surface area contributed by atoms with Gasteiger partial charge in [-0.1, -0.05) is 17.7 Å². The Morgan fingerprint density at radius 1 is 1.16 bits per heavy atom. The molecule has 5 nitrogen and oxygen atoms in total. The summed E-state index contributed by atoms with van der Waals surface area (Å²) in [4.78, 5) is 0. The van der Waals surface area contributed by atoms with Gasteiger partial charge in [0.1, 0.15) is 12.6 Å². The molecule has 5 heteroatoms. The number of ether oxygens (including phenoxy) is 3. The molecule has 0 saturated carbocycles. The lowest BCUT2D eigenvalue weighted by Crippen LogP contribution is -2.86. The highest BCUT2D eigenvalue weighted by Gasteiger charge is 2.09. The summed E-state index contributed by atoms with van der Waals surface area (Å²) in [5.74, 6) is 1.39. The minimum Gasteiger partial charge on any atom is -0.493 e. The summed E-state index contributed by atoms with van der Waals surface area (Å²) >= 11 is 0. The van der Waals surface area contributed by atoms with Gasteiger partial charge in [-0.05, 0) is 43.4 Å². The molecule has 2 rings (SSSR count). The van der Waals surface area contributed by atoms with Crippen LogP contribution in [0.5, 0.6) is 11.5 Å². The number of allylic oxidation sites excluding steroid dienone is 1. The summed E-state index contributed by atoms with van der Waals surface area (Å²) in [5.41, 5.74) is 2.58. The summed E-state index contributed by atoms with van der Waals surface area (Å²) in [6.07, 6.45) is 8.24. The van der Waals surface area contributed by atoms with Gasteiger partial charge in [0.05, 0.1) is 34.0 Å². The molecule has 0 bridgehead atoms. The number of hydrogen-bond donors (Lipinski definition) is 2. The smallest absolute Gasteiger partial charge is 0.161 e. The number of rotatable bonds is 11. The standard InChI is InChI=1S/C20H31NO4/c1-23-19-9-8-17(12-20(19)24-2)14-25-15-18(22)13-21-11-10-16-6-4-3-5-7-16/h6,8-9,12,18,21-22H,3-5,7,10-11,13-15H2,1-2H3/p+1/t18-/m1/s1. The molecule has 0 amide bonds. The van der Waals surface area contributed by atoms with Crippen molar-refractivity contribution in [3.05, 3.63) is 35.4 Å². The Morgan fingerprint density at radius 3 is 2.72 bits per heavy atom. The van der Waals surface area contributed by atoms with Crippen LogP contribution in [0.3, 0.4) is 0 Å². The Hall–Kier alpha value is -1.56. The Bertz CT molecular complexity index is 544. The lowest BCUT2D eigenvalue weighted by atomic mass is 9.97. The number of quaternary nitrogens is 1. The summed E-state index contributed by atoms with van der Waals surface area (Å²) in [6, 6.07) is 5.70. The number of methoxy groups -OCH3 is 2. The second kappa shape index (κ2) is 11.1. The van der Waals surface area contributed by atoms with Crippen LogP contribution in [0, 0.1) is 0 Å². The molecular formula is C20H32NO4+. The fraction of sp³-hybridized carbons (Fsp3) is 0.600. The Balaban J connectivity index is 1.60. The summed E-state index contributed by atoms with van der Waals surface area (Å²) in [5, 5.41) is 12.2. The van der Waals surface area contributed by atoms with Crippen molar-refractivity contribution in [2.24, 2.45) is 0 Å². The first kappa shape index (κ1) is 19.8. The third kappa shape index (κ3) is 7.06. The van der Waals surface area contributed by atoms with E-state index in [-0.39, 0.29) is 0 Å². The molecule has 1 aromatic rings. The van der Waals surface area contributed by atoms with Crippen LogP contribution in [0.1, 0.15) is 37.7 Å². The third-order valence-electron chi connectivity index (χ3n) is 4.52. The molecule has 1 aliphatic carbocycles. The van der Waals surface area contributed by atoms with Gasteiger partial charge in [0.25, 0.3) is 0 Å². The predicted molar refractivity (Wildman–Crippen MR) is 98.0 cm³/mol. The average molecular weight is 350 g/mol. The van der Waals surface area contributed by atoms with Gasteiger partial charge in [0, 0.05) is 6.42 Å². The SMILES string of the molecule is COc1ccc(COC[C@H](O)C[NH2+]CCC2=CCCCC2)cc1OC. The molecule has 0 aliphatic heterocycles. The van der Waals surface area contributed by atoms with Crippen LogP contribution in [0.4, 0.5) is 0 Å². The minimum atomic E-state index is -0.444. The van der Waals surface area contributed by atoms with Crippen molar-refractivity contribution in [2.75, 3.05) is 33.9 Å². The molecule has 25 heavy (non-hydrogen) atoms. The summed E-state index contributed by atoms with van der Waals surface area (Å²) in [6.45, 7) is 2.51. The van der Waals surface area contributed by atoms with E-state index in [2.05, 4.69) is 11.4 Å². The molecule has 1 aliphatic rings. The number of aliphatic hydroxyl groups is 1. The summed E-state index contributed by atoms with van der Waals surface area (Å²) < 4.78 is 16.1. The normalized spacial score (nSPS) is 15.6. The van der Waals surface area contributed by atoms with Gasteiger partial charge < -0.3 is 24.6 Å². The monoisotopic (exact) mass is 350 g/mol. The Morgan fingerprint density at radius 2 is 2.00 bits per heavy atom. The van der Waals surface area contributed by atoms with Crippen molar-refractivity contribution in [3.63, 3.8) is 0 Å². The zero-order valence-corrected chi connectivity index (χ0v) is 15.5. The van der Waals surface area contributed by atoms with Gasteiger partial charge in [-0.15, -0.1) is 0 Å². The molecule has 1 aromatic carbocycles.